The third kappa shape index (κ3) is 5.84. The lowest BCUT2D eigenvalue weighted by molar-refractivity contribution is -0.116. The van der Waals surface area contributed by atoms with E-state index in [4.69, 9.17) is 9.47 Å². The maximum atomic E-state index is 12.8. The molecule has 0 aromatic heterocycles. The molecule has 0 saturated carbocycles. The molecule has 1 N–H and O–H groups in total. The van der Waals surface area contributed by atoms with Crippen LogP contribution in [0.2, 0.25) is 0 Å². The van der Waals surface area contributed by atoms with Crippen molar-refractivity contribution in [2.75, 3.05) is 6.54 Å². The second kappa shape index (κ2) is 8.04. The molecule has 1 heterocycles. The van der Waals surface area contributed by atoms with Gasteiger partial charge in [-0.2, -0.15) is 0 Å². The summed E-state index contributed by atoms with van der Waals surface area (Å²) < 4.78 is 10.8. The molecule has 0 spiro atoms. The third-order valence-corrected chi connectivity index (χ3v) is 3.64. The van der Waals surface area contributed by atoms with Crippen LogP contribution in [-0.4, -0.2) is 40.6 Å². The van der Waals surface area contributed by atoms with Crippen LogP contribution in [0.4, 0.5) is 9.59 Å². The van der Waals surface area contributed by atoms with E-state index in [0.717, 1.165) is 0 Å². The lowest BCUT2D eigenvalue weighted by Crippen LogP contribution is -2.44. The summed E-state index contributed by atoms with van der Waals surface area (Å²) in [5.41, 5.74) is -0.471. The van der Waals surface area contributed by atoms with E-state index in [2.05, 4.69) is 5.32 Å². The van der Waals surface area contributed by atoms with Gasteiger partial charge in [-0.15, -0.1) is 0 Å². The molecule has 152 valence electrons. The molecule has 0 atom stereocenters. The Kier molecular flexibility index (Phi) is 6.17. The third-order valence-electron chi connectivity index (χ3n) is 3.64. The second-order valence-electron chi connectivity index (χ2n) is 8.52. The van der Waals surface area contributed by atoms with Crippen molar-refractivity contribution in [1.82, 2.24) is 10.2 Å². The number of Topliss-reactive ketones (excluding diaryl/α,β-unsaturated/α-hetero) is 1. The molecule has 1 aliphatic rings. The number of hydrogen-bond acceptors (Lipinski definition) is 5. The molecule has 0 bridgehead atoms. The molecule has 0 saturated heterocycles. The fourth-order valence-corrected chi connectivity index (χ4v) is 2.65. The van der Waals surface area contributed by atoms with Crippen LogP contribution in [0.25, 0.3) is 5.70 Å². The number of allylic oxidation sites excluding steroid dienone is 1. The number of carbonyl (C=O) groups is 3. The van der Waals surface area contributed by atoms with E-state index < -0.39 is 23.4 Å². The number of nitrogens with zero attached hydrogens (tertiary/aromatic N) is 1. The maximum Gasteiger partial charge on any atom is 0.414 e. The minimum absolute atomic E-state index is 0.0255. The topological polar surface area (TPSA) is 84.9 Å². The van der Waals surface area contributed by atoms with Gasteiger partial charge in [0.1, 0.15) is 16.9 Å². The van der Waals surface area contributed by atoms with E-state index in [0.29, 0.717) is 11.3 Å². The van der Waals surface area contributed by atoms with Crippen molar-refractivity contribution in [2.24, 2.45) is 0 Å². The highest BCUT2D eigenvalue weighted by atomic mass is 16.6. The molecular weight excluding hydrogens is 360 g/mol. The Balaban J connectivity index is 2.49. The van der Waals surface area contributed by atoms with Gasteiger partial charge in [0.15, 0.2) is 5.78 Å². The van der Waals surface area contributed by atoms with Crippen molar-refractivity contribution in [3.63, 3.8) is 0 Å². The van der Waals surface area contributed by atoms with Crippen molar-refractivity contribution >= 4 is 23.7 Å². The van der Waals surface area contributed by atoms with Gasteiger partial charge in [-0.3, -0.25) is 15.0 Å². The molecular formula is C21H28N2O5. The average Bonchev–Trinajstić information content (AvgIpc) is 2.54. The van der Waals surface area contributed by atoms with E-state index in [1.54, 1.807) is 65.8 Å². The lowest BCUT2D eigenvalue weighted by atomic mass is 10.0. The van der Waals surface area contributed by atoms with E-state index in [9.17, 15) is 14.4 Å². The van der Waals surface area contributed by atoms with Gasteiger partial charge in [-0.05, 0) is 41.5 Å². The number of ketones is 1. The molecule has 1 aliphatic heterocycles. The SMILES string of the molecule is CC(C)(C)OC(=O)NC1=C(c2ccccc2)N(C(=O)OC(C)(C)C)CCC1=O. The highest BCUT2D eigenvalue weighted by Crippen LogP contribution is 2.29. The molecule has 0 fully saturated rings. The minimum atomic E-state index is -0.754. The summed E-state index contributed by atoms with van der Waals surface area (Å²) in [6.45, 7) is 10.7. The largest absolute Gasteiger partial charge is 0.444 e. The van der Waals surface area contributed by atoms with Crippen LogP contribution in [0.3, 0.4) is 0 Å². The predicted molar refractivity (Wildman–Crippen MR) is 105 cm³/mol. The molecule has 2 amide bonds. The Bertz CT molecular complexity index is 785. The highest BCUT2D eigenvalue weighted by Gasteiger charge is 2.35. The number of carbonyl (C=O) groups excluding carboxylic acids is 3. The number of alkyl carbamates (subject to hydrolysis) is 1. The Morgan fingerprint density at radius 3 is 2.07 bits per heavy atom. The fraction of sp³-hybridized carbons (Fsp3) is 0.476. The van der Waals surface area contributed by atoms with Crippen molar-refractivity contribution in [2.45, 2.75) is 59.2 Å². The number of amides is 2. The highest BCUT2D eigenvalue weighted by molar-refractivity contribution is 6.07. The Morgan fingerprint density at radius 1 is 0.964 bits per heavy atom. The first-order valence-corrected chi connectivity index (χ1v) is 9.21. The second-order valence-corrected chi connectivity index (χ2v) is 8.52. The van der Waals surface area contributed by atoms with Crippen LogP contribution in [0.1, 0.15) is 53.5 Å². The van der Waals surface area contributed by atoms with Gasteiger partial charge in [-0.25, -0.2) is 9.59 Å². The van der Waals surface area contributed by atoms with E-state index in [1.165, 1.54) is 4.90 Å². The molecule has 1 aromatic carbocycles. The summed E-state index contributed by atoms with van der Waals surface area (Å²) in [5, 5.41) is 2.54. The van der Waals surface area contributed by atoms with Gasteiger partial charge in [-0.1, -0.05) is 30.3 Å². The van der Waals surface area contributed by atoms with Gasteiger partial charge < -0.3 is 9.47 Å². The molecule has 2 rings (SSSR count). The molecule has 0 radical (unpaired) electrons. The zero-order valence-corrected chi connectivity index (χ0v) is 17.3. The van der Waals surface area contributed by atoms with Crippen LogP contribution in [-0.2, 0) is 14.3 Å². The van der Waals surface area contributed by atoms with Crippen LogP contribution in [0.15, 0.2) is 36.0 Å². The van der Waals surface area contributed by atoms with E-state index >= 15 is 0 Å². The zero-order valence-electron chi connectivity index (χ0n) is 17.3. The molecule has 0 unspecified atom stereocenters. The number of nitrogens with one attached hydrogen (secondary N) is 1. The van der Waals surface area contributed by atoms with E-state index in [-0.39, 0.29) is 24.4 Å². The summed E-state index contributed by atoms with van der Waals surface area (Å²) >= 11 is 0. The Hall–Kier alpha value is -2.83. The smallest absolute Gasteiger partial charge is 0.414 e. The summed E-state index contributed by atoms with van der Waals surface area (Å²) in [5.74, 6) is -0.274. The van der Waals surface area contributed by atoms with Gasteiger partial charge in [0.05, 0.1) is 5.70 Å². The van der Waals surface area contributed by atoms with Crippen LogP contribution < -0.4 is 5.32 Å². The lowest BCUT2D eigenvalue weighted by Gasteiger charge is -2.33. The van der Waals surface area contributed by atoms with Crippen LogP contribution >= 0.6 is 0 Å². The van der Waals surface area contributed by atoms with Gasteiger partial charge in [0.2, 0.25) is 0 Å². The molecule has 1 aromatic rings. The fourth-order valence-electron chi connectivity index (χ4n) is 2.65. The van der Waals surface area contributed by atoms with Gasteiger partial charge in [0, 0.05) is 18.5 Å². The number of rotatable bonds is 2. The van der Waals surface area contributed by atoms with Crippen molar-refractivity contribution in [3.05, 3.63) is 41.6 Å². The van der Waals surface area contributed by atoms with Crippen LogP contribution in [0, 0.1) is 0 Å². The molecule has 0 aliphatic carbocycles. The quantitative estimate of drug-likeness (QED) is 0.825. The first-order chi connectivity index (χ1) is 12.9. The summed E-state index contributed by atoms with van der Waals surface area (Å²) in [6, 6.07) is 8.94. The number of benzene rings is 1. The predicted octanol–water partition coefficient (Wildman–Crippen LogP) is 4.09. The molecule has 7 heteroatoms. The first-order valence-electron chi connectivity index (χ1n) is 9.21. The Morgan fingerprint density at radius 2 is 1.54 bits per heavy atom. The number of ether oxygens (including phenoxy) is 2. The van der Waals surface area contributed by atoms with E-state index in [1.807, 2.05) is 6.07 Å². The normalized spacial score (nSPS) is 15.4. The maximum absolute atomic E-state index is 12.8. The van der Waals surface area contributed by atoms with Crippen molar-refractivity contribution in [1.29, 1.82) is 0 Å². The summed E-state index contributed by atoms with van der Waals surface area (Å²) in [6.07, 6.45) is -1.27. The number of hydrogen-bond donors (Lipinski definition) is 1. The average molecular weight is 388 g/mol. The summed E-state index contributed by atoms with van der Waals surface area (Å²) in [7, 11) is 0. The van der Waals surface area contributed by atoms with Gasteiger partial charge >= 0.3 is 12.2 Å². The minimum Gasteiger partial charge on any atom is -0.444 e. The van der Waals surface area contributed by atoms with Crippen molar-refractivity contribution in [3.8, 4) is 0 Å². The van der Waals surface area contributed by atoms with Crippen molar-refractivity contribution < 1.29 is 23.9 Å². The zero-order chi connectivity index (χ0) is 21.1. The monoisotopic (exact) mass is 388 g/mol. The van der Waals surface area contributed by atoms with Gasteiger partial charge in [0.25, 0.3) is 0 Å². The molecule has 28 heavy (non-hydrogen) atoms. The Labute approximate surface area is 165 Å². The summed E-state index contributed by atoms with van der Waals surface area (Å²) in [4.78, 5) is 39.1. The first kappa shape index (κ1) is 21.5. The van der Waals surface area contributed by atoms with Crippen LogP contribution in [0.5, 0.6) is 0 Å². The standard InChI is InChI=1S/C21H28N2O5/c1-20(2,3)27-18(25)22-16-15(24)12-13-23(19(26)28-21(4,5)6)17(16)14-10-8-7-9-11-14/h7-11H,12-13H2,1-6H3,(H,22,25). The molecule has 7 nitrogen and oxygen atoms in total.